The van der Waals surface area contributed by atoms with Gasteiger partial charge in [-0.3, -0.25) is 4.79 Å². The Balaban J connectivity index is 1.61. The minimum Gasteiger partial charge on any atom is -0.436 e. The van der Waals surface area contributed by atoms with Gasteiger partial charge in [0, 0.05) is 11.3 Å². The molecule has 4 rings (SSSR count). The van der Waals surface area contributed by atoms with E-state index in [0.717, 1.165) is 33.5 Å². The van der Waals surface area contributed by atoms with E-state index in [4.69, 9.17) is 4.42 Å². The van der Waals surface area contributed by atoms with Gasteiger partial charge in [-0.25, -0.2) is 4.98 Å². The topological polar surface area (TPSA) is 55.1 Å². The van der Waals surface area contributed by atoms with Gasteiger partial charge in [0.15, 0.2) is 5.58 Å². The van der Waals surface area contributed by atoms with E-state index in [1.165, 1.54) is 11.1 Å². The number of hydrogen-bond acceptors (Lipinski definition) is 3. The largest absolute Gasteiger partial charge is 0.436 e. The average molecular weight is 370 g/mol. The van der Waals surface area contributed by atoms with Crippen LogP contribution in [0.25, 0.3) is 22.6 Å². The molecule has 1 aromatic heterocycles. The second kappa shape index (κ2) is 7.31. The van der Waals surface area contributed by atoms with Crippen molar-refractivity contribution in [3.8, 4) is 11.5 Å². The lowest BCUT2D eigenvalue weighted by Gasteiger charge is -2.10. The van der Waals surface area contributed by atoms with Crippen molar-refractivity contribution in [1.29, 1.82) is 0 Å². The molecule has 0 spiro atoms. The number of aryl methyl sites for hydroxylation is 3. The molecule has 0 aliphatic carbocycles. The molecular formula is C24H22N2O2. The Hall–Kier alpha value is -3.40. The van der Waals surface area contributed by atoms with Crippen LogP contribution in [0.5, 0.6) is 0 Å². The fourth-order valence-corrected chi connectivity index (χ4v) is 3.17. The fourth-order valence-electron chi connectivity index (χ4n) is 3.17. The van der Waals surface area contributed by atoms with Crippen molar-refractivity contribution in [2.75, 3.05) is 5.32 Å². The number of hydrogen-bond donors (Lipinski definition) is 1. The van der Waals surface area contributed by atoms with E-state index in [1.807, 2.05) is 67.6 Å². The average Bonchev–Trinajstić information content (AvgIpc) is 3.07. The summed E-state index contributed by atoms with van der Waals surface area (Å²) in [4.78, 5) is 17.1. The highest BCUT2D eigenvalue weighted by Gasteiger charge is 2.12. The van der Waals surface area contributed by atoms with Crippen molar-refractivity contribution in [1.82, 2.24) is 4.98 Å². The number of amides is 1. The Morgan fingerprint density at radius 2 is 1.68 bits per heavy atom. The Labute approximate surface area is 164 Å². The molecule has 1 N–H and O–H groups in total. The number of rotatable bonds is 4. The molecule has 1 amide bonds. The molecule has 0 unspecified atom stereocenters. The van der Waals surface area contributed by atoms with E-state index in [0.29, 0.717) is 12.3 Å². The first-order valence-electron chi connectivity index (χ1n) is 9.32. The van der Waals surface area contributed by atoms with E-state index in [1.54, 1.807) is 0 Å². The molecule has 3 aromatic carbocycles. The summed E-state index contributed by atoms with van der Waals surface area (Å²) in [5.74, 6) is 0.508. The van der Waals surface area contributed by atoms with E-state index in [2.05, 4.69) is 24.1 Å². The monoisotopic (exact) mass is 370 g/mol. The van der Waals surface area contributed by atoms with Crippen LogP contribution >= 0.6 is 0 Å². The molecule has 0 saturated heterocycles. The fraction of sp³-hybridized carbons (Fsp3) is 0.167. The Morgan fingerprint density at radius 3 is 2.46 bits per heavy atom. The normalized spacial score (nSPS) is 11.0. The predicted octanol–water partition coefficient (Wildman–Crippen LogP) is 5.60. The molecule has 4 aromatic rings. The summed E-state index contributed by atoms with van der Waals surface area (Å²) in [6.45, 7) is 6.10. The van der Waals surface area contributed by atoms with Gasteiger partial charge in [0.1, 0.15) is 5.52 Å². The van der Waals surface area contributed by atoms with Crippen LogP contribution in [-0.2, 0) is 11.2 Å². The summed E-state index contributed by atoms with van der Waals surface area (Å²) in [7, 11) is 0. The second-order valence-electron chi connectivity index (χ2n) is 7.16. The quantitative estimate of drug-likeness (QED) is 0.509. The number of nitrogens with one attached hydrogen (secondary N) is 1. The second-order valence-corrected chi connectivity index (χ2v) is 7.16. The van der Waals surface area contributed by atoms with Gasteiger partial charge in [0.2, 0.25) is 11.8 Å². The van der Waals surface area contributed by atoms with Crippen LogP contribution in [0.1, 0.15) is 22.3 Å². The van der Waals surface area contributed by atoms with Crippen molar-refractivity contribution in [3.05, 3.63) is 82.9 Å². The van der Waals surface area contributed by atoms with Gasteiger partial charge in [-0.05, 0) is 67.3 Å². The van der Waals surface area contributed by atoms with Crippen LogP contribution in [0.15, 0.2) is 65.1 Å². The third kappa shape index (κ3) is 3.67. The van der Waals surface area contributed by atoms with Crippen molar-refractivity contribution in [2.45, 2.75) is 27.2 Å². The number of carbonyl (C=O) groups excluding carboxylic acids is 1. The van der Waals surface area contributed by atoms with Crippen LogP contribution in [0, 0.1) is 20.8 Å². The van der Waals surface area contributed by atoms with Crippen LogP contribution in [-0.4, -0.2) is 10.9 Å². The van der Waals surface area contributed by atoms with Crippen molar-refractivity contribution in [3.63, 3.8) is 0 Å². The molecule has 0 radical (unpaired) electrons. The van der Waals surface area contributed by atoms with E-state index < -0.39 is 0 Å². The minimum atomic E-state index is -0.0461. The molecule has 0 atom stereocenters. The number of aromatic nitrogens is 1. The van der Waals surface area contributed by atoms with Crippen LogP contribution in [0.4, 0.5) is 5.69 Å². The zero-order valence-electron chi connectivity index (χ0n) is 16.2. The van der Waals surface area contributed by atoms with Crippen molar-refractivity contribution in [2.24, 2.45) is 0 Å². The molecule has 0 fully saturated rings. The van der Waals surface area contributed by atoms with Gasteiger partial charge in [0.25, 0.3) is 0 Å². The third-order valence-electron chi connectivity index (χ3n) is 4.97. The summed E-state index contributed by atoms with van der Waals surface area (Å²) < 4.78 is 5.96. The number of nitrogens with zero attached hydrogens (tertiary/aromatic N) is 1. The van der Waals surface area contributed by atoms with Gasteiger partial charge in [-0.2, -0.15) is 0 Å². The summed E-state index contributed by atoms with van der Waals surface area (Å²) in [5, 5.41) is 3.01. The minimum absolute atomic E-state index is 0.0461. The highest BCUT2D eigenvalue weighted by molar-refractivity contribution is 5.93. The molecule has 4 nitrogen and oxygen atoms in total. The highest BCUT2D eigenvalue weighted by atomic mass is 16.3. The molecule has 28 heavy (non-hydrogen) atoms. The van der Waals surface area contributed by atoms with E-state index >= 15 is 0 Å². The highest BCUT2D eigenvalue weighted by Crippen LogP contribution is 2.29. The first-order chi connectivity index (χ1) is 13.5. The lowest BCUT2D eigenvalue weighted by Crippen LogP contribution is -2.15. The molecule has 0 saturated carbocycles. The van der Waals surface area contributed by atoms with Gasteiger partial charge in [-0.1, -0.05) is 36.4 Å². The summed E-state index contributed by atoms with van der Waals surface area (Å²) >= 11 is 0. The number of benzene rings is 3. The molecule has 4 heteroatoms. The zero-order chi connectivity index (χ0) is 19.7. The lowest BCUT2D eigenvalue weighted by molar-refractivity contribution is -0.115. The van der Waals surface area contributed by atoms with Gasteiger partial charge in [0.05, 0.1) is 6.42 Å². The predicted molar refractivity (Wildman–Crippen MR) is 112 cm³/mol. The first kappa shape index (κ1) is 18.0. The molecule has 0 aliphatic heterocycles. The summed E-state index contributed by atoms with van der Waals surface area (Å²) in [6.07, 6.45) is 0.339. The SMILES string of the molecule is Cc1cc2nc(-c3ccc(C)c(NC(=O)Cc4ccccc4)c3)oc2cc1C. The van der Waals surface area contributed by atoms with Gasteiger partial charge in [-0.15, -0.1) is 0 Å². The van der Waals surface area contributed by atoms with Crippen LogP contribution in [0.3, 0.4) is 0 Å². The van der Waals surface area contributed by atoms with Crippen LogP contribution in [0.2, 0.25) is 0 Å². The number of fused-ring (bicyclic) bond motifs is 1. The maximum Gasteiger partial charge on any atom is 0.228 e. The molecule has 140 valence electrons. The zero-order valence-corrected chi connectivity index (χ0v) is 16.2. The molecule has 1 heterocycles. The van der Waals surface area contributed by atoms with Crippen molar-refractivity contribution >= 4 is 22.7 Å². The Kier molecular flexibility index (Phi) is 4.70. The maximum absolute atomic E-state index is 12.4. The van der Waals surface area contributed by atoms with E-state index in [9.17, 15) is 4.79 Å². The summed E-state index contributed by atoms with van der Waals surface area (Å²) in [6, 6.07) is 19.6. The Bertz CT molecular complexity index is 1120. The molecule has 0 aliphatic rings. The smallest absolute Gasteiger partial charge is 0.228 e. The van der Waals surface area contributed by atoms with Gasteiger partial charge >= 0.3 is 0 Å². The summed E-state index contributed by atoms with van der Waals surface area (Å²) in [5.41, 5.74) is 7.56. The standard InChI is InChI=1S/C24H22N2O2/c1-15-9-10-19(24-26-21-11-16(2)17(3)12-22(21)28-24)14-20(15)25-23(27)13-18-7-5-4-6-8-18/h4-12,14H,13H2,1-3H3,(H,25,27). The third-order valence-corrected chi connectivity index (χ3v) is 4.97. The Morgan fingerprint density at radius 1 is 0.929 bits per heavy atom. The van der Waals surface area contributed by atoms with Crippen LogP contribution < -0.4 is 5.32 Å². The lowest BCUT2D eigenvalue weighted by atomic mass is 10.1. The maximum atomic E-state index is 12.4. The number of carbonyl (C=O) groups is 1. The number of oxazole rings is 1. The van der Waals surface area contributed by atoms with Gasteiger partial charge < -0.3 is 9.73 Å². The first-order valence-corrected chi connectivity index (χ1v) is 9.32. The van der Waals surface area contributed by atoms with E-state index in [-0.39, 0.29) is 5.91 Å². The molecular weight excluding hydrogens is 348 g/mol. The number of anilines is 1. The molecule has 0 bridgehead atoms. The van der Waals surface area contributed by atoms with Crippen molar-refractivity contribution < 1.29 is 9.21 Å².